The van der Waals surface area contributed by atoms with Gasteiger partial charge < -0.3 is 19.9 Å². The number of aliphatic carboxylic acids is 1. The van der Waals surface area contributed by atoms with Crippen molar-refractivity contribution in [2.24, 2.45) is 0 Å². The largest absolute Gasteiger partial charge is 0.479 e. The van der Waals surface area contributed by atoms with Crippen molar-refractivity contribution >= 4 is 12.1 Å². The fourth-order valence-corrected chi connectivity index (χ4v) is 3.87. The minimum atomic E-state index is -0.963. The first-order valence-corrected chi connectivity index (χ1v) is 9.09. The molecule has 0 bridgehead atoms. The SMILES string of the molecule is O=C(NC1CCC(C(=O)O)OC1)OCC1c2ccccc2-c2ccccc21. The average Bonchev–Trinajstić information content (AvgIpc) is 3.01. The molecule has 0 saturated carbocycles. The summed E-state index contributed by atoms with van der Waals surface area (Å²) in [5, 5.41) is 11.7. The maximum atomic E-state index is 12.2. The number of carboxylic acid groups (broad SMARTS) is 1. The summed E-state index contributed by atoms with van der Waals surface area (Å²) in [6, 6.07) is 16.1. The number of hydrogen-bond acceptors (Lipinski definition) is 4. The predicted octanol–water partition coefficient (Wildman–Crippen LogP) is 3.16. The zero-order valence-electron chi connectivity index (χ0n) is 14.8. The lowest BCUT2D eigenvalue weighted by Crippen LogP contribution is -2.45. The molecular weight excluding hydrogens is 346 g/mol. The summed E-state index contributed by atoms with van der Waals surface area (Å²) in [4.78, 5) is 23.1. The Morgan fingerprint density at radius 2 is 1.67 bits per heavy atom. The minimum absolute atomic E-state index is 0.0159. The number of alkyl carbamates (subject to hydrolysis) is 1. The van der Waals surface area contributed by atoms with Crippen molar-refractivity contribution in [3.05, 3.63) is 59.7 Å². The van der Waals surface area contributed by atoms with E-state index in [4.69, 9.17) is 14.6 Å². The third-order valence-corrected chi connectivity index (χ3v) is 5.22. The van der Waals surface area contributed by atoms with Crippen molar-refractivity contribution < 1.29 is 24.2 Å². The molecular formula is C21H21NO5. The van der Waals surface area contributed by atoms with Crippen LogP contribution in [0, 0.1) is 0 Å². The highest BCUT2D eigenvalue weighted by Crippen LogP contribution is 2.44. The number of carbonyl (C=O) groups excluding carboxylic acids is 1. The average molecular weight is 367 g/mol. The summed E-state index contributed by atoms with van der Waals surface area (Å²) in [5.41, 5.74) is 4.69. The van der Waals surface area contributed by atoms with Crippen LogP contribution in [0.2, 0.25) is 0 Å². The van der Waals surface area contributed by atoms with Gasteiger partial charge in [-0.15, -0.1) is 0 Å². The summed E-state index contributed by atoms with van der Waals surface area (Å²) in [5.74, 6) is -0.947. The van der Waals surface area contributed by atoms with E-state index in [2.05, 4.69) is 29.6 Å². The van der Waals surface area contributed by atoms with Crippen LogP contribution in [-0.2, 0) is 14.3 Å². The van der Waals surface area contributed by atoms with Gasteiger partial charge in [0.05, 0.1) is 12.6 Å². The molecule has 1 saturated heterocycles. The molecule has 0 aromatic heterocycles. The Bertz CT molecular complexity index is 812. The van der Waals surface area contributed by atoms with Gasteiger partial charge in [-0.05, 0) is 35.1 Å². The van der Waals surface area contributed by atoms with Crippen molar-refractivity contribution in [1.29, 1.82) is 0 Å². The van der Waals surface area contributed by atoms with E-state index in [1.54, 1.807) is 0 Å². The Balaban J connectivity index is 1.37. The summed E-state index contributed by atoms with van der Waals surface area (Å²) < 4.78 is 10.7. The number of amides is 1. The zero-order valence-corrected chi connectivity index (χ0v) is 14.8. The third-order valence-electron chi connectivity index (χ3n) is 5.22. The fourth-order valence-electron chi connectivity index (χ4n) is 3.87. The first kappa shape index (κ1) is 17.5. The van der Waals surface area contributed by atoms with Gasteiger partial charge in [-0.3, -0.25) is 0 Å². The van der Waals surface area contributed by atoms with Gasteiger partial charge in [0.1, 0.15) is 6.61 Å². The lowest BCUT2D eigenvalue weighted by molar-refractivity contribution is -0.153. The van der Waals surface area contributed by atoms with Crippen LogP contribution in [0.4, 0.5) is 4.79 Å². The second-order valence-corrected chi connectivity index (χ2v) is 6.90. The van der Waals surface area contributed by atoms with E-state index >= 15 is 0 Å². The lowest BCUT2D eigenvalue weighted by Gasteiger charge is -2.27. The zero-order chi connectivity index (χ0) is 18.8. The van der Waals surface area contributed by atoms with Crippen LogP contribution in [0.25, 0.3) is 11.1 Å². The predicted molar refractivity (Wildman–Crippen MR) is 98.6 cm³/mol. The molecule has 1 aliphatic heterocycles. The van der Waals surface area contributed by atoms with E-state index in [1.165, 1.54) is 11.1 Å². The molecule has 4 rings (SSSR count). The third kappa shape index (κ3) is 3.53. The summed E-state index contributed by atoms with van der Waals surface area (Å²) in [6.07, 6.45) is -0.352. The van der Waals surface area contributed by atoms with Gasteiger partial charge >= 0.3 is 12.1 Å². The number of fused-ring (bicyclic) bond motifs is 3. The highest BCUT2D eigenvalue weighted by molar-refractivity contribution is 5.79. The minimum Gasteiger partial charge on any atom is -0.479 e. The van der Waals surface area contributed by atoms with Crippen LogP contribution in [0.5, 0.6) is 0 Å². The van der Waals surface area contributed by atoms with Gasteiger partial charge in [-0.25, -0.2) is 9.59 Å². The van der Waals surface area contributed by atoms with Crippen LogP contribution in [0.3, 0.4) is 0 Å². The Morgan fingerprint density at radius 1 is 1.04 bits per heavy atom. The summed E-state index contributed by atoms with van der Waals surface area (Å²) in [7, 11) is 0. The molecule has 1 fully saturated rings. The monoisotopic (exact) mass is 367 g/mol. The van der Waals surface area contributed by atoms with E-state index < -0.39 is 18.2 Å². The maximum Gasteiger partial charge on any atom is 0.407 e. The van der Waals surface area contributed by atoms with Crippen molar-refractivity contribution in [2.75, 3.05) is 13.2 Å². The van der Waals surface area contributed by atoms with Gasteiger partial charge in [0, 0.05) is 5.92 Å². The molecule has 0 radical (unpaired) electrons. The van der Waals surface area contributed by atoms with Gasteiger partial charge in [-0.1, -0.05) is 48.5 Å². The molecule has 6 nitrogen and oxygen atoms in total. The Kier molecular flexibility index (Phi) is 4.81. The standard InChI is InChI=1S/C21H21NO5/c23-20(24)19-10-9-13(11-26-19)22-21(25)27-12-18-16-7-3-1-5-14(16)15-6-2-4-8-17(15)18/h1-8,13,18-19H,9-12H2,(H,22,25)(H,23,24). The topological polar surface area (TPSA) is 84.9 Å². The van der Waals surface area contributed by atoms with Crippen LogP contribution in [-0.4, -0.2) is 42.5 Å². The number of nitrogens with one attached hydrogen (secondary N) is 1. The Hall–Kier alpha value is -2.86. The van der Waals surface area contributed by atoms with Crippen molar-refractivity contribution in [1.82, 2.24) is 5.32 Å². The summed E-state index contributed by atoms with van der Waals surface area (Å²) in [6.45, 7) is 0.437. The second kappa shape index (κ2) is 7.40. The molecule has 6 heteroatoms. The van der Waals surface area contributed by atoms with Gasteiger partial charge in [0.15, 0.2) is 6.10 Å². The van der Waals surface area contributed by atoms with E-state index in [-0.39, 0.29) is 25.2 Å². The quantitative estimate of drug-likeness (QED) is 0.867. The molecule has 2 N–H and O–H groups in total. The molecule has 1 heterocycles. The van der Waals surface area contributed by atoms with Crippen molar-refractivity contribution in [2.45, 2.75) is 30.9 Å². The molecule has 1 amide bonds. The maximum absolute atomic E-state index is 12.2. The number of carbonyl (C=O) groups is 2. The Labute approximate surface area is 157 Å². The van der Waals surface area contributed by atoms with Gasteiger partial charge in [-0.2, -0.15) is 0 Å². The molecule has 2 atom stereocenters. The van der Waals surface area contributed by atoms with E-state index in [0.717, 1.165) is 11.1 Å². The highest BCUT2D eigenvalue weighted by Gasteiger charge is 2.30. The fraction of sp³-hybridized carbons (Fsp3) is 0.333. The van der Waals surface area contributed by atoms with E-state index in [9.17, 15) is 9.59 Å². The van der Waals surface area contributed by atoms with Crippen LogP contribution in [0.15, 0.2) is 48.5 Å². The Morgan fingerprint density at radius 3 is 2.22 bits per heavy atom. The van der Waals surface area contributed by atoms with E-state index in [0.29, 0.717) is 12.8 Å². The number of carboxylic acids is 1. The number of benzene rings is 2. The molecule has 140 valence electrons. The van der Waals surface area contributed by atoms with Crippen LogP contribution < -0.4 is 5.32 Å². The first-order chi connectivity index (χ1) is 13.1. The van der Waals surface area contributed by atoms with Crippen LogP contribution >= 0.6 is 0 Å². The van der Waals surface area contributed by atoms with Gasteiger partial charge in [0.2, 0.25) is 0 Å². The second-order valence-electron chi connectivity index (χ2n) is 6.90. The highest BCUT2D eigenvalue weighted by atomic mass is 16.6. The molecule has 2 aromatic rings. The molecule has 0 spiro atoms. The summed E-state index contributed by atoms with van der Waals surface area (Å²) >= 11 is 0. The smallest absolute Gasteiger partial charge is 0.407 e. The lowest BCUT2D eigenvalue weighted by atomic mass is 9.98. The molecule has 2 aliphatic rings. The van der Waals surface area contributed by atoms with E-state index in [1.807, 2.05) is 24.3 Å². The molecule has 2 aromatic carbocycles. The molecule has 27 heavy (non-hydrogen) atoms. The van der Waals surface area contributed by atoms with Crippen LogP contribution in [0.1, 0.15) is 29.9 Å². The molecule has 2 unspecified atom stereocenters. The normalized spacial score (nSPS) is 21.2. The first-order valence-electron chi connectivity index (χ1n) is 9.09. The van der Waals surface area contributed by atoms with Crippen molar-refractivity contribution in [3.63, 3.8) is 0 Å². The molecule has 1 aliphatic carbocycles. The van der Waals surface area contributed by atoms with Crippen molar-refractivity contribution in [3.8, 4) is 11.1 Å². The van der Waals surface area contributed by atoms with Gasteiger partial charge in [0.25, 0.3) is 0 Å². The number of hydrogen-bond donors (Lipinski definition) is 2. The number of rotatable bonds is 4. The number of ether oxygens (including phenoxy) is 2.